The van der Waals surface area contributed by atoms with Crippen molar-refractivity contribution in [3.8, 4) is 0 Å². The zero-order valence-corrected chi connectivity index (χ0v) is 14.2. The molecule has 1 aromatic carbocycles. The van der Waals surface area contributed by atoms with E-state index >= 15 is 0 Å². The number of carboxylic acids is 1. The highest BCUT2D eigenvalue weighted by molar-refractivity contribution is 7.89. The van der Waals surface area contributed by atoms with Gasteiger partial charge in [0.15, 0.2) is 4.90 Å². The number of carbonyl (C=O) groups is 1. The van der Waals surface area contributed by atoms with Crippen molar-refractivity contribution in [2.45, 2.75) is 45.1 Å². The third-order valence-corrected chi connectivity index (χ3v) is 4.93. The molecule has 0 aromatic heterocycles. The van der Waals surface area contributed by atoms with Crippen LogP contribution in [-0.2, 0) is 14.8 Å². The van der Waals surface area contributed by atoms with Gasteiger partial charge in [-0.1, -0.05) is 26.0 Å². The van der Waals surface area contributed by atoms with Crippen LogP contribution >= 0.6 is 0 Å². The molecule has 0 radical (unpaired) electrons. The average molecular weight is 344 g/mol. The van der Waals surface area contributed by atoms with E-state index in [0.717, 1.165) is 0 Å². The Morgan fingerprint density at radius 3 is 2.26 bits per heavy atom. The minimum Gasteiger partial charge on any atom is -0.480 e. The molecular formula is C14H20N2O6S. The van der Waals surface area contributed by atoms with Crippen LogP contribution in [0.25, 0.3) is 0 Å². The zero-order chi connectivity index (χ0) is 17.9. The van der Waals surface area contributed by atoms with E-state index in [9.17, 15) is 28.4 Å². The summed E-state index contributed by atoms with van der Waals surface area (Å²) in [5.41, 5.74) is -0.161. The third-order valence-electron chi connectivity index (χ3n) is 3.28. The lowest BCUT2D eigenvalue weighted by Crippen LogP contribution is -2.42. The van der Waals surface area contributed by atoms with E-state index in [0.29, 0.717) is 0 Å². The van der Waals surface area contributed by atoms with Crippen LogP contribution in [0.1, 0.15) is 31.4 Å². The molecule has 0 amide bonds. The largest absolute Gasteiger partial charge is 0.480 e. The first-order valence-corrected chi connectivity index (χ1v) is 8.45. The van der Waals surface area contributed by atoms with Gasteiger partial charge < -0.3 is 5.11 Å². The topological polar surface area (TPSA) is 127 Å². The molecule has 1 atom stereocenters. The number of hydrogen-bond acceptors (Lipinski definition) is 5. The van der Waals surface area contributed by atoms with Gasteiger partial charge in [-0.25, -0.2) is 8.42 Å². The predicted octanol–water partition coefficient (Wildman–Crippen LogP) is 1.99. The Morgan fingerprint density at radius 1 is 1.30 bits per heavy atom. The Bertz CT molecular complexity index is 727. The number of carboxylic acid groups (broad SMARTS) is 1. The Labute approximate surface area is 134 Å². The quantitative estimate of drug-likeness (QED) is 0.575. The smallest absolute Gasteiger partial charge is 0.321 e. The average Bonchev–Trinajstić information content (AvgIpc) is 2.38. The minimum atomic E-state index is -4.35. The highest BCUT2D eigenvalue weighted by atomic mass is 32.2. The number of aryl methyl sites for hydroxylation is 2. The third kappa shape index (κ3) is 4.49. The Morgan fingerprint density at radius 2 is 1.83 bits per heavy atom. The molecule has 128 valence electrons. The maximum atomic E-state index is 12.5. The summed E-state index contributed by atoms with van der Waals surface area (Å²) in [6, 6.07) is 1.56. The van der Waals surface area contributed by atoms with Gasteiger partial charge in [-0.2, -0.15) is 4.72 Å². The first-order valence-electron chi connectivity index (χ1n) is 6.97. The minimum absolute atomic E-state index is 0.0626. The number of sulfonamides is 1. The second-order valence-electron chi connectivity index (χ2n) is 5.78. The molecule has 8 nitrogen and oxygen atoms in total. The van der Waals surface area contributed by atoms with Crippen LogP contribution < -0.4 is 4.72 Å². The molecule has 0 spiro atoms. The maximum absolute atomic E-state index is 12.5. The van der Waals surface area contributed by atoms with Crippen LogP contribution in [0.2, 0.25) is 0 Å². The summed E-state index contributed by atoms with van der Waals surface area (Å²) in [5.74, 6) is -1.39. The molecule has 0 aliphatic heterocycles. The van der Waals surface area contributed by atoms with E-state index < -0.39 is 37.5 Å². The molecule has 0 saturated carbocycles. The van der Waals surface area contributed by atoms with E-state index in [4.69, 9.17) is 0 Å². The predicted molar refractivity (Wildman–Crippen MR) is 83.8 cm³/mol. The van der Waals surface area contributed by atoms with Gasteiger partial charge in [0, 0.05) is 5.56 Å². The summed E-state index contributed by atoms with van der Waals surface area (Å²) < 4.78 is 27.2. The van der Waals surface area contributed by atoms with Gasteiger partial charge in [-0.05, 0) is 31.7 Å². The zero-order valence-electron chi connectivity index (χ0n) is 13.4. The molecule has 0 unspecified atom stereocenters. The summed E-state index contributed by atoms with van der Waals surface area (Å²) in [7, 11) is -4.35. The van der Waals surface area contributed by atoms with Crippen molar-refractivity contribution in [1.82, 2.24) is 4.72 Å². The van der Waals surface area contributed by atoms with Crippen molar-refractivity contribution in [3.63, 3.8) is 0 Å². The molecular weight excluding hydrogens is 324 g/mol. The van der Waals surface area contributed by atoms with Gasteiger partial charge in [0.25, 0.3) is 5.69 Å². The van der Waals surface area contributed by atoms with Crippen molar-refractivity contribution in [2.75, 3.05) is 0 Å². The van der Waals surface area contributed by atoms with Gasteiger partial charge in [0.2, 0.25) is 10.0 Å². The Hall–Kier alpha value is -2.00. The molecule has 23 heavy (non-hydrogen) atoms. The fourth-order valence-electron chi connectivity index (χ4n) is 2.25. The van der Waals surface area contributed by atoms with Crippen molar-refractivity contribution in [1.29, 1.82) is 0 Å². The summed E-state index contributed by atoms with van der Waals surface area (Å²) in [5, 5.41) is 20.4. The van der Waals surface area contributed by atoms with Crippen LogP contribution in [0.15, 0.2) is 17.0 Å². The number of hydrogen-bond donors (Lipinski definition) is 2. The molecule has 0 aliphatic carbocycles. The number of rotatable bonds is 7. The van der Waals surface area contributed by atoms with Gasteiger partial charge in [0.05, 0.1) is 4.92 Å². The summed E-state index contributed by atoms with van der Waals surface area (Å²) >= 11 is 0. The fourth-order valence-corrected chi connectivity index (χ4v) is 3.92. The molecule has 0 heterocycles. The standard InChI is InChI=1S/C14H20N2O6S/c1-8(2)7-11(14(17)18)15-23(21,22)13-10(4)6-5-9(3)12(13)16(19)20/h5-6,8,11,15H,7H2,1-4H3,(H,17,18)/t11-/m0/s1. The molecule has 2 N–H and O–H groups in total. The molecule has 1 rings (SSSR count). The van der Waals surface area contributed by atoms with E-state index in [2.05, 4.69) is 4.72 Å². The summed E-state index contributed by atoms with van der Waals surface area (Å²) in [6.07, 6.45) is 0.0766. The monoisotopic (exact) mass is 344 g/mol. The number of nitrogens with one attached hydrogen (secondary N) is 1. The fraction of sp³-hybridized carbons (Fsp3) is 0.500. The number of nitrogens with zero attached hydrogens (tertiary/aromatic N) is 1. The van der Waals surface area contributed by atoms with E-state index in [1.54, 1.807) is 13.8 Å². The lowest BCUT2D eigenvalue weighted by molar-refractivity contribution is -0.388. The highest BCUT2D eigenvalue weighted by Gasteiger charge is 2.33. The number of nitro benzene ring substituents is 1. The second kappa shape index (κ2) is 7.05. The number of nitro groups is 1. The van der Waals surface area contributed by atoms with Crippen molar-refractivity contribution in [2.24, 2.45) is 5.92 Å². The van der Waals surface area contributed by atoms with Gasteiger partial charge in [-0.3, -0.25) is 14.9 Å². The van der Waals surface area contributed by atoms with Crippen molar-refractivity contribution in [3.05, 3.63) is 33.4 Å². The van der Waals surface area contributed by atoms with Gasteiger partial charge in [0.1, 0.15) is 6.04 Å². The van der Waals surface area contributed by atoms with Gasteiger partial charge in [-0.15, -0.1) is 0 Å². The number of benzene rings is 1. The van der Waals surface area contributed by atoms with E-state index in [-0.39, 0.29) is 23.5 Å². The van der Waals surface area contributed by atoms with Gasteiger partial charge >= 0.3 is 5.97 Å². The lowest BCUT2D eigenvalue weighted by atomic mass is 10.1. The summed E-state index contributed by atoms with van der Waals surface area (Å²) in [6.45, 7) is 6.37. The Balaban J connectivity index is 3.41. The van der Waals surface area contributed by atoms with E-state index in [1.165, 1.54) is 26.0 Å². The van der Waals surface area contributed by atoms with Crippen LogP contribution in [0.4, 0.5) is 5.69 Å². The van der Waals surface area contributed by atoms with Crippen LogP contribution in [0.3, 0.4) is 0 Å². The normalized spacial score (nSPS) is 13.1. The first-order chi connectivity index (χ1) is 10.5. The van der Waals surface area contributed by atoms with Crippen molar-refractivity contribution >= 4 is 21.7 Å². The van der Waals surface area contributed by atoms with Crippen LogP contribution in [-0.4, -0.2) is 30.5 Å². The van der Waals surface area contributed by atoms with E-state index in [1.807, 2.05) is 0 Å². The lowest BCUT2D eigenvalue weighted by Gasteiger charge is -2.18. The summed E-state index contributed by atoms with van der Waals surface area (Å²) in [4.78, 5) is 21.2. The van der Waals surface area contributed by atoms with Crippen molar-refractivity contribution < 1.29 is 23.2 Å². The van der Waals surface area contributed by atoms with Crippen LogP contribution in [0.5, 0.6) is 0 Å². The molecule has 9 heteroatoms. The molecule has 0 fully saturated rings. The molecule has 0 saturated heterocycles. The molecule has 1 aromatic rings. The Kier molecular flexibility index (Phi) is 5.84. The molecule has 0 aliphatic rings. The number of aliphatic carboxylic acids is 1. The highest BCUT2D eigenvalue weighted by Crippen LogP contribution is 2.30. The van der Waals surface area contributed by atoms with Crippen LogP contribution in [0, 0.1) is 29.9 Å². The SMILES string of the molecule is Cc1ccc(C)c(S(=O)(=O)N[C@@H](CC(C)C)C(=O)O)c1[N+](=O)[O-]. The second-order valence-corrected chi connectivity index (χ2v) is 7.43. The maximum Gasteiger partial charge on any atom is 0.321 e. The molecule has 0 bridgehead atoms. The first kappa shape index (κ1) is 19.0.